The van der Waals surface area contributed by atoms with Gasteiger partial charge in [0.25, 0.3) is 0 Å². The van der Waals surface area contributed by atoms with Crippen LogP contribution in [0.4, 0.5) is 5.69 Å². The van der Waals surface area contributed by atoms with E-state index in [0.29, 0.717) is 0 Å². The van der Waals surface area contributed by atoms with Crippen LogP contribution in [0.25, 0.3) is 0 Å². The standard InChI is InChI=1S/C20H18N2/c1-20(17-11-5-2-6-12-17,18-13-7-3-8-14-18)22-21-19-15-9-4-10-16-19/h2-16H,1H3. The summed E-state index contributed by atoms with van der Waals surface area (Å²) in [5, 5.41) is 9.15. The molecule has 3 aromatic rings. The molecule has 0 aromatic heterocycles. The number of hydrogen-bond donors (Lipinski definition) is 0. The topological polar surface area (TPSA) is 24.7 Å². The van der Waals surface area contributed by atoms with Crippen molar-refractivity contribution in [2.45, 2.75) is 12.5 Å². The summed E-state index contributed by atoms with van der Waals surface area (Å²) in [6.07, 6.45) is 0. The van der Waals surface area contributed by atoms with Gasteiger partial charge in [-0.15, -0.1) is 0 Å². The summed E-state index contributed by atoms with van der Waals surface area (Å²) < 4.78 is 0. The summed E-state index contributed by atoms with van der Waals surface area (Å²) in [4.78, 5) is 0. The van der Waals surface area contributed by atoms with Crippen LogP contribution in [0.5, 0.6) is 0 Å². The highest BCUT2D eigenvalue weighted by atomic mass is 15.1. The Hall–Kier alpha value is -2.74. The van der Waals surface area contributed by atoms with Gasteiger partial charge in [-0.05, 0) is 30.2 Å². The van der Waals surface area contributed by atoms with E-state index in [1.807, 2.05) is 66.7 Å². The average molecular weight is 286 g/mol. The lowest BCUT2D eigenvalue weighted by Crippen LogP contribution is -2.20. The van der Waals surface area contributed by atoms with Gasteiger partial charge >= 0.3 is 0 Å². The summed E-state index contributed by atoms with van der Waals surface area (Å²) in [5.74, 6) is 0. The molecule has 0 aliphatic heterocycles. The van der Waals surface area contributed by atoms with Crippen LogP contribution in [0.1, 0.15) is 18.1 Å². The fourth-order valence-electron chi connectivity index (χ4n) is 2.46. The molecule has 3 rings (SSSR count). The lowest BCUT2D eigenvalue weighted by Gasteiger charge is -2.25. The summed E-state index contributed by atoms with van der Waals surface area (Å²) >= 11 is 0. The average Bonchev–Trinajstić information content (AvgIpc) is 2.62. The van der Waals surface area contributed by atoms with Crippen molar-refractivity contribution < 1.29 is 0 Å². The molecular formula is C20H18N2. The van der Waals surface area contributed by atoms with Crippen molar-refractivity contribution in [3.8, 4) is 0 Å². The molecule has 0 atom stereocenters. The molecule has 0 amide bonds. The van der Waals surface area contributed by atoms with Crippen molar-refractivity contribution in [3.63, 3.8) is 0 Å². The first-order valence-electron chi connectivity index (χ1n) is 7.38. The number of nitrogens with zero attached hydrogens (tertiary/aromatic N) is 2. The first-order chi connectivity index (χ1) is 10.8. The van der Waals surface area contributed by atoms with Gasteiger partial charge in [0.15, 0.2) is 0 Å². The minimum atomic E-state index is -0.502. The zero-order chi connectivity index (χ0) is 15.3. The van der Waals surface area contributed by atoms with Crippen molar-refractivity contribution in [2.24, 2.45) is 10.2 Å². The minimum Gasteiger partial charge on any atom is -0.172 e. The smallest absolute Gasteiger partial charge is 0.129 e. The molecule has 0 bridgehead atoms. The van der Waals surface area contributed by atoms with Gasteiger partial charge in [0.1, 0.15) is 5.54 Å². The Morgan fingerprint density at radius 3 is 1.45 bits per heavy atom. The van der Waals surface area contributed by atoms with Crippen LogP contribution in [0, 0.1) is 0 Å². The number of hydrogen-bond acceptors (Lipinski definition) is 2. The summed E-state index contributed by atoms with van der Waals surface area (Å²) in [5.41, 5.74) is 2.61. The molecular weight excluding hydrogens is 268 g/mol. The Balaban J connectivity index is 2.06. The zero-order valence-corrected chi connectivity index (χ0v) is 12.6. The predicted molar refractivity (Wildman–Crippen MR) is 90.3 cm³/mol. The third kappa shape index (κ3) is 2.96. The highest BCUT2D eigenvalue weighted by Gasteiger charge is 2.28. The fourth-order valence-corrected chi connectivity index (χ4v) is 2.46. The first kappa shape index (κ1) is 14.2. The molecule has 0 saturated carbocycles. The van der Waals surface area contributed by atoms with E-state index in [4.69, 9.17) is 5.11 Å². The molecule has 0 aliphatic rings. The Kier molecular flexibility index (Phi) is 4.10. The summed E-state index contributed by atoms with van der Waals surface area (Å²) in [6.45, 7) is 2.10. The second-order valence-corrected chi connectivity index (χ2v) is 5.34. The summed E-state index contributed by atoms with van der Waals surface area (Å²) in [6, 6.07) is 30.4. The van der Waals surface area contributed by atoms with E-state index >= 15 is 0 Å². The zero-order valence-electron chi connectivity index (χ0n) is 12.6. The molecule has 22 heavy (non-hydrogen) atoms. The normalized spacial score (nSPS) is 11.7. The Morgan fingerprint density at radius 2 is 1.00 bits per heavy atom. The van der Waals surface area contributed by atoms with E-state index in [-0.39, 0.29) is 0 Å². The third-order valence-electron chi connectivity index (χ3n) is 3.79. The van der Waals surface area contributed by atoms with E-state index in [2.05, 4.69) is 36.3 Å². The molecule has 2 nitrogen and oxygen atoms in total. The Morgan fingerprint density at radius 1 is 0.591 bits per heavy atom. The van der Waals surface area contributed by atoms with Gasteiger partial charge in [-0.1, -0.05) is 78.9 Å². The van der Waals surface area contributed by atoms with Gasteiger partial charge in [-0.2, -0.15) is 10.2 Å². The highest BCUT2D eigenvalue weighted by Crippen LogP contribution is 2.34. The molecule has 108 valence electrons. The predicted octanol–water partition coefficient (Wildman–Crippen LogP) is 5.73. The fraction of sp³-hybridized carbons (Fsp3) is 0.100. The minimum absolute atomic E-state index is 0.502. The van der Waals surface area contributed by atoms with Crippen molar-refractivity contribution in [3.05, 3.63) is 102 Å². The van der Waals surface area contributed by atoms with Gasteiger partial charge in [-0.3, -0.25) is 0 Å². The van der Waals surface area contributed by atoms with Crippen LogP contribution >= 0.6 is 0 Å². The molecule has 0 heterocycles. The monoisotopic (exact) mass is 286 g/mol. The third-order valence-corrected chi connectivity index (χ3v) is 3.79. The van der Waals surface area contributed by atoms with Crippen molar-refractivity contribution in [1.29, 1.82) is 0 Å². The van der Waals surface area contributed by atoms with Crippen LogP contribution in [0.3, 0.4) is 0 Å². The molecule has 0 aliphatic carbocycles. The van der Waals surface area contributed by atoms with Crippen LogP contribution < -0.4 is 0 Å². The van der Waals surface area contributed by atoms with Crippen molar-refractivity contribution in [2.75, 3.05) is 0 Å². The first-order valence-corrected chi connectivity index (χ1v) is 7.38. The van der Waals surface area contributed by atoms with Crippen LogP contribution in [0.2, 0.25) is 0 Å². The second-order valence-electron chi connectivity index (χ2n) is 5.34. The molecule has 0 saturated heterocycles. The SMILES string of the molecule is CC(N=Nc1ccccc1)(c1ccccc1)c1ccccc1. The molecule has 0 unspecified atom stereocenters. The molecule has 0 N–H and O–H groups in total. The Labute approximate surface area is 131 Å². The van der Waals surface area contributed by atoms with E-state index < -0.39 is 5.54 Å². The van der Waals surface area contributed by atoms with E-state index in [0.717, 1.165) is 16.8 Å². The van der Waals surface area contributed by atoms with Gasteiger partial charge in [-0.25, -0.2) is 0 Å². The molecule has 0 spiro atoms. The van der Waals surface area contributed by atoms with Crippen LogP contribution in [-0.4, -0.2) is 0 Å². The van der Waals surface area contributed by atoms with E-state index in [1.165, 1.54) is 0 Å². The maximum atomic E-state index is 4.69. The number of benzene rings is 3. The summed E-state index contributed by atoms with van der Waals surface area (Å²) in [7, 11) is 0. The number of rotatable bonds is 4. The van der Waals surface area contributed by atoms with Crippen LogP contribution in [-0.2, 0) is 5.54 Å². The van der Waals surface area contributed by atoms with Crippen molar-refractivity contribution in [1.82, 2.24) is 0 Å². The maximum Gasteiger partial charge on any atom is 0.129 e. The maximum absolute atomic E-state index is 4.69. The molecule has 2 heteroatoms. The quantitative estimate of drug-likeness (QED) is 0.547. The molecule has 0 radical (unpaired) electrons. The van der Waals surface area contributed by atoms with Crippen LogP contribution in [0.15, 0.2) is 101 Å². The van der Waals surface area contributed by atoms with Crippen molar-refractivity contribution >= 4 is 5.69 Å². The van der Waals surface area contributed by atoms with E-state index in [9.17, 15) is 0 Å². The molecule has 0 fully saturated rings. The largest absolute Gasteiger partial charge is 0.172 e. The molecule has 3 aromatic carbocycles. The highest BCUT2D eigenvalue weighted by molar-refractivity contribution is 5.39. The lowest BCUT2D eigenvalue weighted by molar-refractivity contribution is 0.572. The van der Waals surface area contributed by atoms with Gasteiger partial charge in [0.2, 0.25) is 0 Å². The Bertz CT molecular complexity index is 695. The van der Waals surface area contributed by atoms with Gasteiger partial charge in [0, 0.05) is 0 Å². The number of azo groups is 1. The van der Waals surface area contributed by atoms with E-state index in [1.54, 1.807) is 0 Å². The lowest BCUT2D eigenvalue weighted by atomic mass is 9.85. The second kappa shape index (κ2) is 6.35. The van der Waals surface area contributed by atoms with Gasteiger partial charge < -0.3 is 0 Å². The van der Waals surface area contributed by atoms with Gasteiger partial charge in [0.05, 0.1) is 5.69 Å².